The van der Waals surface area contributed by atoms with Gasteiger partial charge in [-0.1, -0.05) is 12.1 Å². The Morgan fingerprint density at radius 3 is 2.02 bits per heavy atom. The van der Waals surface area contributed by atoms with E-state index in [9.17, 15) is 4.91 Å². The zero-order valence-corrected chi connectivity index (χ0v) is 28.3. The number of hydrogen-bond acceptors (Lipinski definition) is 10. The van der Waals surface area contributed by atoms with Gasteiger partial charge in [0.05, 0.1) is 28.4 Å². The fourth-order valence-corrected chi connectivity index (χ4v) is 7.41. The fourth-order valence-electron chi connectivity index (χ4n) is 7.41. The highest BCUT2D eigenvalue weighted by molar-refractivity contribution is 5.65. The van der Waals surface area contributed by atoms with E-state index in [0.717, 1.165) is 49.0 Å². The van der Waals surface area contributed by atoms with Crippen molar-refractivity contribution in [3.63, 3.8) is 0 Å². The smallest absolute Gasteiger partial charge is 0.204 e. The van der Waals surface area contributed by atoms with Gasteiger partial charge in [0, 0.05) is 36.8 Å². The Morgan fingerprint density at radius 1 is 0.688 bits per heavy atom. The number of benzene rings is 4. The lowest BCUT2D eigenvalue weighted by Crippen LogP contribution is -2.34. The van der Waals surface area contributed by atoms with Gasteiger partial charge >= 0.3 is 0 Å². The van der Waals surface area contributed by atoms with Crippen molar-refractivity contribution in [3.8, 4) is 46.0 Å². The Balaban J connectivity index is 1.49. The molecule has 0 N–H and O–H groups in total. The van der Waals surface area contributed by atoms with Crippen LogP contribution >= 0.6 is 0 Å². The summed E-state index contributed by atoms with van der Waals surface area (Å²) in [4.78, 5) is 16.9. The van der Waals surface area contributed by atoms with Gasteiger partial charge < -0.3 is 28.4 Å². The van der Waals surface area contributed by atoms with Gasteiger partial charge in [0.1, 0.15) is 11.4 Å². The van der Waals surface area contributed by atoms with Crippen LogP contribution in [0.25, 0.3) is 0 Å². The quantitative estimate of drug-likeness (QED) is 0.203. The molecule has 6 bridgehead atoms. The highest BCUT2D eigenvalue weighted by atomic mass is 16.5. The normalized spacial score (nSPS) is 18.8. The molecule has 0 fully saturated rings. The maximum atomic E-state index is 12.2. The van der Waals surface area contributed by atoms with Gasteiger partial charge in [-0.25, -0.2) is 0 Å². The van der Waals surface area contributed by atoms with Gasteiger partial charge in [-0.3, -0.25) is 9.80 Å². The largest absolute Gasteiger partial charge is 0.493 e. The Morgan fingerprint density at radius 2 is 1.33 bits per heavy atom. The van der Waals surface area contributed by atoms with E-state index in [4.69, 9.17) is 28.4 Å². The van der Waals surface area contributed by atoms with Crippen LogP contribution in [-0.4, -0.2) is 65.4 Å². The van der Waals surface area contributed by atoms with Crippen LogP contribution in [0, 0.1) is 4.91 Å². The third kappa shape index (κ3) is 5.58. The van der Waals surface area contributed by atoms with Crippen LogP contribution in [0.15, 0.2) is 59.8 Å². The van der Waals surface area contributed by atoms with Gasteiger partial charge in [0.2, 0.25) is 5.75 Å². The molecule has 48 heavy (non-hydrogen) atoms. The highest BCUT2D eigenvalue weighted by Crippen LogP contribution is 2.52. The van der Waals surface area contributed by atoms with Crippen LogP contribution in [-0.2, 0) is 25.7 Å². The first-order valence-corrected chi connectivity index (χ1v) is 16.2. The molecule has 2 atom stereocenters. The third-order valence-electron chi connectivity index (χ3n) is 10.1. The van der Waals surface area contributed by atoms with Gasteiger partial charge in [0.25, 0.3) is 0 Å². The lowest BCUT2D eigenvalue weighted by atomic mass is 9.87. The number of likely N-dealkylation sites (N-methyl/N-ethyl adjacent to an activating group) is 2. The molecular formula is C38H41N3O7. The average molecular weight is 652 g/mol. The van der Waals surface area contributed by atoms with Crippen molar-refractivity contribution < 1.29 is 28.4 Å². The van der Waals surface area contributed by atoms with Gasteiger partial charge in [-0.15, -0.1) is 4.91 Å². The van der Waals surface area contributed by atoms with Crippen LogP contribution in [0.4, 0.5) is 5.69 Å². The number of ether oxygens (including phenoxy) is 6. The SMILES string of the molecule is COc1cc(N=O)c2cc1Oc1ccc(cc1)C[C@H]1c3cc(c(OC)cc3CCN1C)Oc1c(OC)c(OC)cc3c1[C@H](C2)N(C)CC3. The summed E-state index contributed by atoms with van der Waals surface area (Å²) < 4.78 is 36.9. The predicted molar refractivity (Wildman–Crippen MR) is 183 cm³/mol. The second kappa shape index (κ2) is 13.0. The maximum Gasteiger partial charge on any atom is 0.204 e. The molecule has 0 unspecified atom stereocenters. The molecule has 0 aliphatic carbocycles. The van der Waals surface area contributed by atoms with E-state index in [1.165, 1.54) is 16.7 Å². The molecule has 0 saturated carbocycles. The molecule has 0 aromatic heterocycles. The Bertz CT molecular complexity index is 1860. The number of nitroso groups, excluding NO2 is 1. The first-order valence-electron chi connectivity index (χ1n) is 16.2. The average Bonchev–Trinajstić information content (AvgIpc) is 3.10. The number of rotatable bonds is 5. The second-order valence-corrected chi connectivity index (χ2v) is 12.7. The van der Waals surface area contributed by atoms with E-state index in [-0.39, 0.29) is 12.1 Å². The molecule has 4 aromatic carbocycles. The molecule has 10 nitrogen and oxygen atoms in total. The van der Waals surface area contributed by atoms with E-state index in [1.807, 2.05) is 24.3 Å². The molecule has 250 valence electrons. The monoisotopic (exact) mass is 651 g/mol. The Kier molecular flexibility index (Phi) is 8.61. The second-order valence-electron chi connectivity index (χ2n) is 12.7. The summed E-state index contributed by atoms with van der Waals surface area (Å²) >= 11 is 0. The molecule has 4 aromatic rings. The van der Waals surface area contributed by atoms with Gasteiger partial charge in [0.15, 0.2) is 34.5 Å². The molecule has 4 aliphatic rings. The van der Waals surface area contributed by atoms with E-state index in [0.29, 0.717) is 58.1 Å². The summed E-state index contributed by atoms with van der Waals surface area (Å²) in [6.07, 6.45) is 2.93. The Hall–Kier alpha value is -4.80. The van der Waals surface area contributed by atoms with Crippen LogP contribution in [0.2, 0.25) is 0 Å². The topological polar surface area (TPSA) is 91.3 Å². The number of methoxy groups -OCH3 is 4. The molecule has 0 saturated heterocycles. The van der Waals surface area contributed by atoms with E-state index >= 15 is 0 Å². The first kappa shape index (κ1) is 31.8. The lowest BCUT2D eigenvalue weighted by Gasteiger charge is -2.37. The van der Waals surface area contributed by atoms with Crippen molar-refractivity contribution in [2.45, 2.75) is 37.8 Å². The third-order valence-corrected chi connectivity index (χ3v) is 10.1. The number of hydrogen-bond donors (Lipinski definition) is 0. The summed E-state index contributed by atoms with van der Waals surface area (Å²) in [5, 5.41) is 3.41. The van der Waals surface area contributed by atoms with Crippen LogP contribution in [0.5, 0.6) is 46.0 Å². The zero-order chi connectivity index (χ0) is 33.5. The standard InChI is InChI=1S/C38H41N3O7/c1-40-13-11-23-17-31(43-3)34-20-27(23)29(40)15-22-7-9-26(10-8-22)47-33-19-25(28(39-42)21-32(33)44-4)16-30-36-24(12-14-41(30)2)18-35(45-5)37(46-6)38(36)48-34/h7-10,17-21,29-30H,11-16H2,1-6H3/t29-,30-/m0/s1. The summed E-state index contributed by atoms with van der Waals surface area (Å²) in [5.74, 6) is 4.51. The molecule has 8 rings (SSSR count). The molecule has 4 heterocycles. The molecule has 10 heteroatoms. The summed E-state index contributed by atoms with van der Waals surface area (Å²) in [6.45, 7) is 1.72. The minimum atomic E-state index is -0.203. The van der Waals surface area contributed by atoms with Crippen molar-refractivity contribution in [2.24, 2.45) is 5.18 Å². The van der Waals surface area contributed by atoms with E-state index < -0.39 is 0 Å². The van der Waals surface area contributed by atoms with E-state index in [2.05, 4.69) is 53.3 Å². The number of nitrogens with zero attached hydrogens (tertiary/aromatic N) is 3. The summed E-state index contributed by atoms with van der Waals surface area (Å²) in [7, 11) is 10.7. The molecule has 4 aliphatic heterocycles. The van der Waals surface area contributed by atoms with Crippen LogP contribution < -0.4 is 28.4 Å². The molecule has 0 amide bonds. The van der Waals surface area contributed by atoms with Crippen molar-refractivity contribution in [2.75, 3.05) is 55.6 Å². The molecule has 0 spiro atoms. The summed E-state index contributed by atoms with van der Waals surface area (Å²) in [6, 6.07) is 17.9. The minimum Gasteiger partial charge on any atom is -0.493 e. The van der Waals surface area contributed by atoms with Gasteiger partial charge in [-0.05, 0) is 109 Å². The van der Waals surface area contributed by atoms with Gasteiger partial charge in [-0.2, -0.15) is 0 Å². The van der Waals surface area contributed by atoms with Crippen LogP contribution in [0.1, 0.15) is 45.5 Å². The zero-order valence-electron chi connectivity index (χ0n) is 28.3. The predicted octanol–water partition coefficient (Wildman–Crippen LogP) is 7.56. The van der Waals surface area contributed by atoms with Crippen molar-refractivity contribution in [1.29, 1.82) is 0 Å². The Labute approximate surface area is 281 Å². The minimum absolute atomic E-state index is 0.124. The van der Waals surface area contributed by atoms with E-state index in [1.54, 1.807) is 34.5 Å². The van der Waals surface area contributed by atoms with Crippen LogP contribution in [0.3, 0.4) is 0 Å². The van der Waals surface area contributed by atoms with Crippen molar-refractivity contribution >= 4 is 5.69 Å². The molecule has 0 radical (unpaired) electrons. The summed E-state index contributed by atoms with van der Waals surface area (Å²) in [5.41, 5.74) is 6.68. The lowest BCUT2D eigenvalue weighted by molar-refractivity contribution is 0.220. The first-order chi connectivity index (χ1) is 23.3. The highest BCUT2D eigenvalue weighted by Gasteiger charge is 2.35. The molecular weight excluding hydrogens is 610 g/mol. The van der Waals surface area contributed by atoms with Crippen molar-refractivity contribution in [3.05, 3.63) is 92.9 Å². The maximum absolute atomic E-state index is 12.2. The van der Waals surface area contributed by atoms with Crippen molar-refractivity contribution in [1.82, 2.24) is 9.80 Å². The fraction of sp³-hybridized carbons (Fsp3) is 0.368. The number of fused-ring (bicyclic) bond motifs is 2.